The summed E-state index contributed by atoms with van der Waals surface area (Å²) >= 11 is 0. The zero-order valence-electron chi connectivity index (χ0n) is 9.97. The molecule has 0 fully saturated rings. The first-order valence-corrected chi connectivity index (χ1v) is 5.66. The third kappa shape index (κ3) is 1.68. The summed E-state index contributed by atoms with van der Waals surface area (Å²) in [6.45, 7) is 2.00. The Hall–Kier alpha value is -2.49. The maximum absolute atomic E-state index is 5.77. The fourth-order valence-electron chi connectivity index (χ4n) is 2.01. The summed E-state index contributed by atoms with van der Waals surface area (Å²) < 4.78 is 5.72. The molecular formula is C14H13N3O. The van der Waals surface area contributed by atoms with Crippen LogP contribution in [0, 0.1) is 6.92 Å². The Morgan fingerprint density at radius 2 is 1.78 bits per heavy atom. The summed E-state index contributed by atoms with van der Waals surface area (Å²) in [5, 5.41) is 0. The number of hydrogen-bond acceptors (Lipinski definition) is 4. The molecule has 4 nitrogen and oxygen atoms in total. The predicted molar refractivity (Wildman–Crippen MR) is 73.0 cm³/mol. The van der Waals surface area contributed by atoms with Crippen molar-refractivity contribution in [2.45, 2.75) is 6.92 Å². The van der Waals surface area contributed by atoms with Crippen molar-refractivity contribution in [2.75, 3.05) is 11.5 Å². The number of anilines is 2. The van der Waals surface area contributed by atoms with Gasteiger partial charge >= 0.3 is 0 Å². The third-order valence-electron chi connectivity index (χ3n) is 2.85. The van der Waals surface area contributed by atoms with Crippen molar-refractivity contribution in [3.63, 3.8) is 0 Å². The number of hydrogen-bond donors (Lipinski definition) is 2. The van der Waals surface area contributed by atoms with Crippen molar-refractivity contribution in [3.05, 3.63) is 42.0 Å². The van der Waals surface area contributed by atoms with Gasteiger partial charge in [0, 0.05) is 16.9 Å². The maximum atomic E-state index is 5.77. The van der Waals surface area contributed by atoms with Gasteiger partial charge in [0.05, 0.1) is 0 Å². The van der Waals surface area contributed by atoms with Crippen molar-refractivity contribution >= 4 is 22.5 Å². The smallest absolute Gasteiger partial charge is 0.227 e. The highest BCUT2D eigenvalue weighted by atomic mass is 16.3. The van der Waals surface area contributed by atoms with Crippen LogP contribution in [0.3, 0.4) is 0 Å². The summed E-state index contributed by atoms with van der Waals surface area (Å²) in [6.07, 6.45) is 0. The van der Waals surface area contributed by atoms with Crippen molar-refractivity contribution in [1.29, 1.82) is 0 Å². The maximum Gasteiger partial charge on any atom is 0.227 e. The molecule has 0 aliphatic heterocycles. The molecule has 0 aliphatic rings. The first-order valence-electron chi connectivity index (χ1n) is 5.66. The van der Waals surface area contributed by atoms with Gasteiger partial charge in [0.25, 0.3) is 0 Å². The number of nitrogens with zero attached hydrogens (tertiary/aromatic N) is 1. The summed E-state index contributed by atoms with van der Waals surface area (Å²) in [4.78, 5) is 4.49. The van der Waals surface area contributed by atoms with E-state index in [1.807, 2.05) is 25.1 Å². The van der Waals surface area contributed by atoms with Crippen LogP contribution in [0.1, 0.15) is 5.56 Å². The van der Waals surface area contributed by atoms with Gasteiger partial charge in [0.2, 0.25) is 5.89 Å². The lowest BCUT2D eigenvalue weighted by atomic mass is 10.2. The second-order valence-electron chi connectivity index (χ2n) is 4.33. The van der Waals surface area contributed by atoms with Crippen LogP contribution >= 0.6 is 0 Å². The summed E-state index contributed by atoms with van der Waals surface area (Å²) in [7, 11) is 0. The molecule has 1 heterocycles. The van der Waals surface area contributed by atoms with Crippen LogP contribution < -0.4 is 11.5 Å². The molecule has 0 atom stereocenters. The molecule has 4 N–H and O–H groups in total. The van der Waals surface area contributed by atoms with Crippen LogP contribution in [0.4, 0.5) is 11.4 Å². The number of benzene rings is 2. The first-order chi connectivity index (χ1) is 8.63. The van der Waals surface area contributed by atoms with E-state index >= 15 is 0 Å². The molecule has 0 aliphatic carbocycles. The van der Waals surface area contributed by atoms with Gasteiger partial charge in [-0.05, 0) is 36.8 Å². The minimum absolute atomic E-state index is 0.540. The lowest BCUT2D eigenvalue weighted by Crippen LogP contribution is -1.91. The third-order valence-corrected chi connectivity index (χ3v) is 2.85. The molecule has 0 radical (unpaired) electrons. The Kier molecular flexibility index (Phi) is 2.23. The molecule has 3 aromatic rings. The second-order valence-corrected chi connectivity index (χ2v) is 4.33. The number of nitrogens with two attached hydrogens (primary N) is 2. The number of oxazole rings is 1. The van der Waals surface area contributed by atoms with Crippen molar-refractivity contribution in [3.8, 4) is 11.5 Å². The van der Waals surface area contributed by atoms with E-state index in [0.29, 0.717) is 17.3 Å². The average molecular weight is 239 g/mol. The lowest BCUT2D eigenvalue weighted by molar-refractivity contribution is 0.620. The zero-order chi connectivity index (χ0) is 12.7. The Bertz CT molecular complexity index is 711. The monoisotopic (exact) mass is 239 g/mol. The minimum Gasteiger partial charge on any atom is -0.436 e. The molecule has 3 rings (SSSR count). The van der Waals surface area contributed by atoms with Crippen LogP contribution in [-0.4, -0.2) is 4.98 Å². The molecule has 1 aromatic heterocycles. The van der Waals surface area contributed by atoms with Crippen molar-refractivity contribution in [1.82, 2.24) is 4.98 Å². The summed E-state index contributed by atoms with van der Waals surface area (Å²) in [5.74, 6) is 0.540. The number of para-hydroxylation sites is 1. The van der Waals surface area contributed by atoms with Gasteiger partial charge in [0.1, 0.15) is 5.52 Å². The Labute approximate surface area is 104 Å². The quantitative estimate of drug-likeness (QED) is 0.640. The van der Waals surface area contributed by atoms with Gasteiger partial charge in [-0.3, -0.25) is 0 Å². The van der Waals surface area contributed by atoms with Gasteiger partial charge in [-0.25, -0.2) is 4.98 Å². The number of fused-ring (bicyclic) bond motifs is 1. The standard InChI is InChI=1S/C14H13N3O/c1-8-3-2-4-12-13(8)17-14(18-12)9-5-10(15)7-11(16)6-9/h2-7H,15-16H2,1H3. The Morgan fingerprint density at radius 1 is 1.06 bits per heavy atom. The SMILES string of the molecule is Cc1cccc2oc(-c3cc(N)cc(N)c3)nc12. The minimum atomic E-state index is 0.540. The highest BCUT2D eigenvalue weighted by Crippen LogP contribution is 2.28. The van der Waals surface area contributed by atoms with E-state index in [-0.39, 0.29) is 0 Å². The molecule has 0 amide bonds. The van der Waals surface area contributed by atoms with E-state index in [1.165, 1.54) is 0 Å². The number of rotatable bonds is 1. The fraction of sp³-hybridized carbons (Fsp3) is 0.0714. The molecular weight excluding hydrogens is 226 g/mol. The van der Waals surface area contributed by atoms with Gasteiger partial charge in [-0.15, -0.1) is 0 Å². The van der Waals surface area contributed by atoms with Gasteiger partial charge in [-0.2, -0.15) is 0 Å². The first kappa shape index (κ1) is 10.7. The molecule has 0 saturated carbocycles. The van der Waals surface area contributed by atoms with Crippen LogP contribution in [0.2, 0.25) is 0 Å². The van der Waals surface area contributed by atoms with E-state index in [2.05, 4.69) is 4.98 Å². The Balaban J connectivity index is 2.22. The highest BCUT2D eigenvalue weighted by Gasteiger charge is 2.10. The van der Waals surface area contributed by atoms with Gasteiger partial charge in [0.15, 0.2) is 5.58 Å². The van der Waals surface area contributed by atoms with Gasteiger partial charge < -0.3 is 15.9 Å². The van der Waals surface area contributed by atoms with Gasteiger partial charge in [-0.1, -0.05) is 12.1 Å². The number of aryl methyl sites for hydroxylation is 1. The van der Waals surface area contributed by atoms with Crippen LogP contribution in [-0.2, 0) is 0 Å². The zero-order valence-corrected chi connectivity index (χ0v) is 9.97. The van der Waals surface area contributed by atoms with E-state index in [1.54, 1.807) is 18.2 Å². The normalized spacial score (nSPS) is 10.9. The molecule has 0 bridgehead atoms. The van der Waals surface area contributed by atoms with Crippen LogP contribution in [0.5, 0.6) is 0 Å². The highest BCUT2D eigenvalue weighted by molar-refractivity contribution is 5.80. The molecule has 90 valence electrons. The number of nitrogen functional groups attached to an aromatic ring is 2. The van der Waals surface area contributed by atoms with E-state index < -0.39 is 0 Å². The molecule has 2 aromatic carbocycles. The summed E-state index contributed by atoms with van der Waals surface area (Å²) in [5.41, 5.74) is 16.3. The largest absolute Gasteiger partial charge is 0.436 e. The van der Waals surface area contributed by atoms with E-state index in [4.69, 9.17) is 15.9 Å². The molecule has 18 heavy (non-hydrogen) atoms. The van der Waals surface area contributed by atoms with Crippen LogP contribution in [0.15, 0.2) is 40.8 Å². The van der Waals surface area contributed by atoms with E-state index in [9.17, 15) is 0 Å². The summed E-state index contributed by atoms with van der Waals surface area (Å²) in [6, 6.07) is 11.2. The Morgan fingerprint density at radius 3 is 2.44 bits per heavy atom. The molecule has 4 heteroatoms. The second kappa shape index (κ2) is 3.77. The predicted octanol–water partition coefficient (Wildman–Crippen LogP) is 2.97. The average Bonchev–Trinajstić information content (AvgIpc) is 2.73. The molecule has 0 saturated heterocycles. The van der Waals surface area contributed by atoms with Crippen molar-refractivity contribution in [2.24, 2.45) is 0 Å². The van der Waals surface area contributed by atoms with Crippen LogP contribution in [0.25, 0.3) is 22.6 Å². The lowest BCUT2D eigenvalue weighted by Gasteiger charge is -2.00. The molecule has 0 unspecified atom stereocenters. The fourth-order valence-corrected chi connectivity index (χ4v) is 2.01. The topological polar surface area (TPSA) is 78.1 Å². The molecule has 0 spiro atoms. The van der Waals surface area contributed by atoms with Crippen molar-refractivity contribution < 1.29 is 4.42 Å². The number of aromatic nitrogens is 1. The van der Waals surface area contributed by atoms with E-state index in [0.717, 1.165) is 22.2 Å².